The van der Waals surface area contributed by atoms with Crippen LogP contribution in [0.3, 0.4) is 0 Å². The fourth-order valence-electron chi connectivity index (χ4n) is 3.21. The van der Waals surface area contributed by atoms with E-state index in [-0.39, 0.29) is 30.5 Å². The zero-order valence-corrected chi connectivity index (χ0v) is 14.0. The Morgan fingerprint density at radius 2 is 2.21 bits per heavy atom. The molecule has 3 rings (SSSR count). The van der Waals surface area contributed by atoms with Crippen LogP contribution in [0.4, 0.5) is 0 Å². The van der Waals surface area contributed by atoms with Gasteiger partial charge >= 0.3 is 0 Å². The summed E-state index contributed by atoms with van der Waals surface area (Å²) in [4.78, 5) is 29.0. The summed E-state index contributed by atoms with van der Waals surface area (Å²) in [5, 5.41) is 14.1. The maximum Gasteiger partial charge on any atom is 0.243 e. The lowest BCUT2D eigenvalue weighted by Gasteiger charge is -2.35. The van der Waals surface area contributed by atoms with E-state index in [1.54, 1.807) is 19.0 Å². The number of carbonyl (C=O) groups excluding carboxylic acids is 2. The lowest BCUT2D eigenvalue weighted by molar-refractivity contribution is -0.134. The lowest BCUT2D eigenvalue weighted by Crippen LogP contribution is -2.47. The van der Waals surface area contributed by atoms with Crippen molar-refractivity contribution >= 4 is 11.8 Å². The second-order valence-corrected chi connectivity index (χ2v) is 6.52. The van der Waals surface area contributed by atoms with E-state index in [0.29, 0.717) is 19.1 Å². The average molecular weight is 337 g/mol. The number of carbonyl (C=O) groups is 2. The number of aromatic nitrogens is 4. The number of nitrogens with zero attached hydrogens (tertiary/aromatic N) is 6. The maximum atomic E-state index is 12.0. The smallest absolute Gasteiger partial charge is 0.243 e. The number of hydrogen-bond acceptors (Lipinski definition) is 7. The summed E-state index contributed by atoms with van der Waals surface area (Å²) in [7, 11) is 3.50. The molecule has 0 aromatic carbocycles. The van der Waals surface area contributed by atoms with Gasteiger partial charge in [0.2, 0.25) is 11.8 Å². The molecular weight excluding hydrogens is 314 g/mol. The van der Waals surface area contributed by atoms with Gasteiger partial charge in [0, 0.05) is 39.3 Å². The summed E-state index contributed by atoms with van der Waals surface area (Å²) in [6.07, 6.45) is 2.47. The maximum absolute atomic E-state index is 12.0. The first-order valence-electron chi connectivity index (χ1n) is 8.07. The van der Waals surface area contributed by atoms with Crippen LogP contribution >= 0.6 is 0 Å². The van der Waals surface area contributed by atoms with Crippen LogP contribution in [0.1, 0.15) is 12.8 Å². The predicted octanol–water partition coefficient (Wildman–Crippen LogP) is -1.89. The van der Waals surface area contributed by atoms with Crippen molar-refractivity contribution < 1.29 is 14.3 Å². The minimum atomic E-state index is -0.127. The Balaban J connectivity index is 1.46. The minimum Gasteiger partial charge on any atom is -0.375 e. The molecule has 0 bridgehead atoms. The van der Waals surface area contributed by atoms with E-state index in [9.17, 15) is 9.59 Å². The summed E-state index contributed by atoms with van der Waals surface area (Å²) in [6, 6.07) is 0.378. The van der Waals surface area contributed by atoms with Crippen LogP contribution in [-0.2, 0) is 20.9 Å². The predicted molar refractivity (Wildman–Crippen MR) is 82.8 cm³/mol. The summed E-state index contributed by atoms with van der Waals surface area (Å²) in [5.74, 6) is -0.0547. The first-order chi connectivity index (χ1) is 11.5. The molecule has 132 valence electrons. The van der Waals surface area contributed by atoms with E-state index in [0.717, 1.165) is 19.5 Å². The van der Waals surface area contributed by atoms with Gasteiger partial charge in [0.15, 0.2) is 6.33 Å². The molecular formula is C14H23N7O3. The summed E-state index contributed by atoms with van der Waals surface area (Å²) >= 11 is 0. The van der Waals surface area contributed by atoms with E-state index in [4.69, 9.17) is 4.74 Å². The first kappa shape index (κ1) is 16.8. The molecule has 2 saturated heterocycles. The van der Waals surface area contributed by atoms with E-state index in [1.165, 1.54) is 11.1 Å². The van der Waals surface area contributed by atoms with Crippen LogP contribution < -0.4 is 5.32 Å². The lowest BCUT2D eigenvalue weighted by atomic mass is 10.1. The molecule has 2 aliphatic heterocycles. The highest BCUT2D eigenvalue weighted by Crippen LogP contribution is 2.24. The number of nitrogens with one attached hydrogen (secondary N) is 1. The molecule has 10 nitrogen and oxygen atoms in total. The van der Waals surface area contributed by atoms with Gasteiger partial charge in [0.25, 0.3) is 0 Å². The van der Waals surface area contributed by atoms with Gasteiger partial charge in [-0.25, -0.2) is 0 Å². The SMILES string of the molecule is CN(C)C(=O)C[C@H]1CN2C[C@H](NC(=O)Cn3ncnn3)C[C@H]2CO1. The first-order valence-corrected chi connectivity index (χ1v) is 8.07. The number of tetrazole rings is 1. The topological polar surface area (TPSA) is 105 Å². The van der Waals surface area contributed by atoms with Crippen LogP contribution in [0, 0.1) is 0 Å². The quantitative estimate of drug-likeness (QED) is 0.669. The number of morpholine rings is 1. The number of ether oxygens (including phenoxy) is 1. The van der Waals surface area contributed by atoms with E-state index >= 15 is 0 Å². The Kier molecular flexibility index (Phi) is 5.05. The third-order valence-electron chi connectivity index (χ3n) is 4.43. The molecule has 2 fully saturated rings. The van der Waals surface area contributed by atoms with Gasteiger partial charge < -0.3 is 15.0 Å². The zero-order valence-electron chi connectivity index (χ0n) is 14.0. The standard InChI is InChI=1S/C14H23N7O3/c1-19(2)14(23)4-12-6-20-5-10(3-11(20)8-24-12)17-13(22)7-21-16-9-15-18-21/h9-12H,3-8H2,1-2H3,(H,17,22)/t10-,11+,12+/m1/s1. The van der Waals surface area contributed by atoms with Crippen molar-refractivity contribution in [2.75, 3.05) is 33.8 Å². The summed E-state index contributed by atoms with van der Waals surface area (Å²) in [5.41, 5.74) is 0. The molecule has 1 aromatic heterocycles. The van der Waals surface area contributed by atoms with Crippen molar-refractivity contribution in [3.63, 3.8) is 0 Å². The molecule has 0 saturated carbocycles. The van der Waals surface area contributed by atoms with E-state index in [1.807, 2.05) is 0 Å². The Labute approximate surface area is 140 Å². The molecule has 0 spiro atoms. The summed E-state index contributed by atoms with van der Waals surface area (Å²) in [6.45, 7) is 2.17. The summed E-state index contributed by atoms with van der Waals surface area (Å²) < 4.78 is 5.82. The third kappa shape index (κ3) is 4.06. The Hall–Kier alpha value is -2.07. The molecule has 10 heteroatoms. The van der Waals surface area contributed by atoms with Crippen molar-refractivity contribution in [3.8, 4) is 0 Å². The number of hydrogen-bond donors (Lipinski definition) is 1. The normalized spacial score (nSPS) is 26.8. The van der Waals surface area contributed by atoms with Crippen LogP contribution in [0.25, 0.3) is 0 Å². The van der Waals surface area contributed by atoms with Crippen molar-refractivity contribution in [2.45, 2.75) is 37.6 Å². The molecule has 3 atom stereocenters. The van der Waals surface area contributed by atoms with E-state index < -0.39 is 0 Å². The molecule has 3 heterocycles. The molecule has 0 aliphatic carbocycles. The average Bonchev–Trinajstić information content (AvgIpc) is 3.15. The highest BCUT2D eigenvalue weighted by Gasteiger charge is 2.38. The zero-order chi connectivity index (χ0) is 17.1. The van der Waals surface area contributed by atoms with Gasteiger partial charge in [-0.2, -0.15) is 4.80 Å². The van der Waals surface area contributed by atoms with Gasteiger partial charge in [0.05, 0.1) is 19.1 Å². The van der Waals surface area contributed by atoms with Crippen LogP contribution in [0.5, 0.6) is 0 Å². The van der Waals surface area contributed by atoms with Gasteiger partial charge in [-0.05, 0) is 11.6 Å². The monoisotopic (exact) mass is 337 g/mol. The van der Waals surface area contributed by atoms with E-state index in [2.05, 4.69) is 25.6 Å². The Bertz CT molecular complexity index is 577. The molecule has 0 radical (unpaired) electrons. The number of amides is 2. The second-order valence-electron chi connectivity index (χ2n) is 6.52. The van der Waals surface area contributed by atoms with Gasteiger partial charge in [-0.3, -0.25) is 14.5 Å². The Morgan fingerprint density at radius 3 is 2.92 bits per heavy atom. The van der Waals surface area contributed by atoms with Crippen LogP contribution in [0.2, 0.25) is 0 Å². The van der Waals surface area contributed by atoms with Crippen molar-refractivity contribution in [3.05, 3.63) is 6.33 Å². The second kappa shape index (κ2) is 7.22. The molecule has 2 aliphatic rings. The third-order valence-corrected chi connectivity index (χ3v) is 4.43. The van der Waals surface area contributed by atoms with Crippen LogP contribution in [-0.4, -0.2) is 93.8 Å². The highest BCUT2D eigenvalue weighted by molar-refractivity contribution is 5.76. The van der Waals surface area contributed by atoms with Crippen molar-refractivity contribution in [1.29, 1.82) is 0 Å². The highest BCUT2D eigenvalue weighted by atomic mass is 16.5. The minimum absolute atomic E-state index is 0.0671. The van der Waals surface area contributed by atoms with Crippen LogP contribution in [0.15, 0.2) is 6.33 Å². The van der Waals surface area contributed by atoms with Gasteiger partial charge in [-0.1, -0.05) is 0 Å². The van der Waals surface area contributed by atoms with Crippen molar-refractivity contribution in [2.24, 2.45) is 0 Å². The molecule has 1 aromatic rings. The largest absolute Gasteiger partial charge is 0.375 e. The fourth-order valence-corrected chi connectivity index (χ4v) is 3.21. The number of rotatable bonds is 5. The van der Waals surface area contributed by atoms with Gasteiger partial charge in [0.1, 0.15) is 6.54 Å². The van der Waals surface area contributed by atoms with Crippen molar-refractivity contribution in [1.82, 2.24) is 35.3 Å². The molecule has 1 N–H and O–H groups in total. The number of fused-ring (bicyclic) bond motifs is 1. The molecule has 0 unspecified atom stereocenters. The Morgan fingerprint density at radius 1 is 1.38 bits per heavy atom. The van der Waals surface area contributed by atoms with Gasteiger partial charge in [-0.15, -0.1) is 10.2 Å². The molecule has 2 amide bonds. The fraction of sp³-hybridized carbons (Fsp3) is 0.786. The molecule has 24 heavy (non-hydrogen) atoms.